The van der Waals surface area contributed by atoms with E-state index in [9.17, 15) is 9.18 Å². The predicted octanol–water partition coefficient (Wildman–Crippen LogP) is 1.87. The number of nitrogens with one attached hydrogen (secondary N) is 2. The first-order chi connectivity index (χ1) is 9.24. The zero-order valence-corrected chi connectivity index (χ0v) is 11.1. The smallest absolute Gasteiger partial charge is 0.220 e. The zero-order valence-electron chi connectivity index (χ0n) is 11.1. The number of rotatable bonds is 5. The van der Waals surface area contributed by atoms with Crippen LogP contribution in [0.5, 0.6) is 0 Å². The van der Waals surface area contributed by atoms with Crippen LogP contribution in [-0.4, -0.2) is 25.5 Å². The molecule has 0 spiro atoms. The topological polar surface area (TPSA) is 41.1 Å². The molecule has 1 aliphatic rings. The highest BCUT2D eigenvalue weighted by molar-refractivity contribution is 5.76. The van der Waals surface area contributed by atoms with Crippen molar-refractivity contribution < 1.29 is 9.18 Å². The van der Waals surface area contributed by atoms with Crippen LogP contribution in [0.4, 0.5) is 4.39 Å². The minimum absolute atomic E-state index is 0.0786. The molecule has 19 heavy (non-hydrogen) atoms. The molecule has 3 nitrogen and oxygen atoms in total. The fraction of sp³-hybridized carbons (Fsp3) is 0.533. The molecule has 1 aromatic rings. The Hall–Kier alpha value is -1.42. The second-order valence-corrected chi connectivity index (χ2v) is 5.14. The maximum absolute atomic E-state index is 12.7. The molecule has 1 fully saturated rings. The van der Waals surface area contributed by atoms with E-state index in [1.54, 1.807) is 12.1 Å². The van der Waals surface area contributed by atoms with Crippen LogP contribution < -0.4 is 10.6 Å². The van der Waals surface area contributed by atoms with Gasteiger partial charge in [0.05, 0.1) is 0 Å². The molecule has 0 radical (unpaired) electrons. The highest BCUT2D eigenvalue weighted by Gasteiger charge is 2.13. The molecular formula is C15H21FN2O. The van der Waals surface area contributed by atoms with Crippen molar-refractivity contribution in [2.24, 2.45) is 5.92 Å². The molecule has 0 unspecified atom stereocenters. The second kappa shape index (κ2) is 7.24. The van der Waals surface area contributed by atoms with Crippen molar-refractivity contribution in [3.05, 3.63) is 35.6 Å². The molecule has 1 aromatic carbocycles. The van der Waals surface area contributed by atoms with Crippen molar-refractivity contribution in [1.82, 2.24) is 10.6 Å². The summed E-state index contributed by atoms with van der Waals surface area (Å²) in [6, 6.07) is 6.32. The third-order valence-electron chi connectivity index (χ3n) is 3.54. The van der Waals surface area contributed by atoms with Gasteiger partial charge in [0, 0.05) is 13.0 Å². The molecule has 2 rings (SSSR count). The van der Waals surface area contributed by atoms with Crippen molar-refractivity contribution in [2.45, 2.75) is 25.7 Å². The number of carbonyl (C=O) groups excluding carboxylic acids is 1. The van der Waals surface area contributed by atoms with Gasteiger partial charge in [-0.15, -0.1) is 0 Å². The molecule has 0 aliphatic carbocycles. The first-order valence-corrected chi connectivity index (χ1v) is 6.96. The van der Waals surface area contributed by atoms with Gasteiger partial charge in [-0.05, 0) is 56.0 Å². The van der Waals surface area contributed by atoms with Crippen molar-refractivity contribution in [2.75, 3.05) is 19.6 Å². The lowest BCUT2D eigenvalue weighted by molar-refractivity contribution is -0.121. The Morgan fingerprint density at radius 2 is 2.16 bits per heavy atom. The number of halogens is 1. The first kappa shape index (κ1) is 14.0. The molecule has 4 heteroatoms. The summed E-state index contributed by atoms with van der Waals surface area (Å²) >= 11 is 0. The fourth-order valence-corrected chi connectivity index (χ4v) is 2.35. The van der Waals surface area contributed by atoms with Crippen molar-refractivity contribution in [3.8, 4) is 0 Å². The van der Waals surface area contributed by atoms with Crippen molar-refractivity contribution >= 4 is 5.91 Å². The van der Waals surface area contributed by atoms with Crippen LogP contribution >= 0.6 is 0 Å². The average molecular weight is 264 g/mol. The summed E-state index contributed by atoms with van der Waals surface area (Å²) in [4.78, 5) is 11.7. The summed E-state index contributed by atoms with van der Waals surface area (Å²) < 4.78 is 12.7. The lowest BCUT2D eigenvalue weighted by Gasteiger charge is -2.22. The summed E-state index contributed by atoms with van der Waals surface area (Å²) in [6.45, 7) is 2.85. The number of hydrogen-bond donors (Lipinski definition) is 2. The number of hydrogen-bond acceptors (Lipinski definition) is 2. The van der Waals surface area contributed by atoms with Gasteiger partial charge in [-0.1, -0.05) is 12.1 Å². The van der Waals surface area contributed by atoms with Crippen LogP contribution in [0.25, 0.3) is 0 Å². The van der Waals surface area contributed by atoms with E-state index in [1.165, 1.54) is 25.0 Å². The van der Waals surface area contributed by atoms with Gasteiger partial charge >= 0.3 is 0 Å². The Morgan fingerprint density at radius 3 is 2.84 bits per heavy atom. The molecule has 1 heterocycles. The zero-order chi connectivity index (χ0) is 13.5. The Labute approximate surface area is 113 Å². The van der Waals surface area contributed by atoms with Gasteiger partial charge in [0.2, 0.25) is 5.91 Å². The third-order valence-corrected chi connectivity index (χ3v) is 3.54. The van der Waals surface area contributed by atoms with Gasteiger partial charge in [0.1, 0.15) is 5.82 Å². The van der Waals surface area contributed by atoms with E-state index in [1.807, 2.05) is 0 Å². The summed E-state index contributed by atoms with van der Waals surface area (Å²) in [7, 11) is 0. The molecule has 1 aliphatic heterocycles. The Morgan fingerprint density at radius 1 is 1.37 bits per heavy atom. The van der Waals surface area contributed by atoms with Gasteiger partial charge in [-0.25, -0.2) is 4.39 Å². The van der Waals surface area contributed by atoms with Gasteiger partial charge in [0.25, 0.3) is 0 Å². The van der Waals surface area contributed by atoms with E-state index in [4.69, 9.17) is 0 Å². The lowest BCUT2D eigenvalue weighted by atomic mass is 10.00. The third kappa shape index (κ3) is 4.99. The molecule has 104 valence electrons. The normalized spacial score (nSPS) is 19.1. The van der Waals surface area contributed by atoms with Crippen LogP contribution in [-0.2, 0) is 11.2 Å². The van der Waals surface area contributed by atoms with Gasteiger partial charge < -0.3 is 10.6 Å². The standard InChI is InChI=1S/C15H21FN2O/c16-14-6-3-12(4-7-14)5-8-15(19)18-11-13-2-1-9-17-10-13/h3-4,6-7,13,17H,1-2,5,8-11H2,(H,18,19)/t13-/m1/s1. The van der Waals surface area contributed by atoms with E-state index < -0.39 is 0 Å². The summed E-state index contributed by atoms with van der Waals surface area (Å²) in [5, 5.41) is 6.32. The molecule has 1 atom stereocenters. The number of amides is 1. The van der Waals surface area contributed by atoms with Gasteiger partial charge in [-0.3, -0.25) is 4.79 Å². The van der Waals surface area contributed by atoms with E-state index in [0.717, 1.165) is 25.2 Å². The minimum atomic E-state index is -0.238. The van der Waals surface area contributed by atoms with Crippen molar-refractivity contribution in [3.63, 3.8) is 0 Å². The average Bonchev–Trinajstić information content (AvgIpc) is 2.45. The highest BCUT2D eigenvalue weighted by atomic mass is 19.1. The van der Waals surface area contributed by atoms with Gasteiger partial charge in [0.15, 0.2) is 0 Å². The van der Waals surface area contributed by atoms with Crippen LogP contribution in [0.1, 0.15) is 24.8 Å². The molecule has 2 N–H and O–H groups in total. The second-order valence-electron chi connectivity index (χ2n) is 5.14. The summed E-state index contributed by atoms with van der Waals surface area (Å²) in [5.41, 5.74) is 0.996. The predicted molar refractivity (Wildman–Crippen MR) is 73.3 cm³/mol. The lowest BCUT2D eigenvalue weighted by Crippen LogP contribution is -2.38. The maximum atomic E-state index is 12.7. The van der Waals surface area contributed by atoms with Crippen LogP contribution in [0.15, 0.2) is 24.3 Å². The van der Waals surface area contributed by atoms with Crippen LogP contribution in [0, 0.1) is 11.7 Å². The molecule has 1 saturated heterocycles. The van der Waals surface area contributed by atoms with Crippen LogP contribution in [0.3, 0.4) is 0 Å². The summed E-state index contributed by atoms with van der Waals surface area (Å²) in [6.07, 6.45) is 3.50. The maximum Gasteiger partial charge on any atom is 0.220 e. The van der Waals surface area contributed by atoms with E-state index in [-0.39, 0.29) is 11.7 Å². The van der Waals surface area contributed by atoms with Gasteiger partial charge in [-0.2, -0.15) is 0 Å². The number of benzene rings is 1. The highest BCUT2D eigenvalue weighted by Crippen LogP contribution is 2.09. The summed E-state index contributed by atoms with van der Waals surface area (Å²) in [5.74, 6) is 0.399. The number of aryl methyl sites for hydroxylation is 1. The first-order valence-electron chi connectivity index (χ1n) is 6.96. The van der Waals surface area contributed by atoms with E-state index in [2.05, 4.69) is 10.6 Å². The number of piperidine rings is 1. The molecule has 0 saturated carbocycles. The monoisotopic (exact) mass is 264 g/mol. The fourth-order valence-electron chi connectivity index (χ4n) is 2.35. The van der Waals surface area contributed by atoms with Crippen LogP contribution in [0.2, 0.25) is 0 Å². The Kier molecular flexibility index (Phi) is 5.33. The molecule has 0 bridgehead atoms. The van der Waals surface area contributed by atoms with Crippen molar-refractivity contribution in [1.29, 1.82) is 0 Å². The quantitative estimate of drug-likeness (QED) is 0.852. The largest absolute Gasteiger partial charge is 0.356 e. The molecule has 0 aromatic heterocycles. The van der Waals surface area contributed by atoms with E-state index >= 15 is 0 Å². The molecular weight excluding hydrogens is 243 g/mol. The SMILES string of the molecule is O=C(CCc1ccc(F)cc1)NC[C@@H]1CCCNC1. The minimum Gasteiger partial charge on any atom is -0.356 e. The Balaban J connectivity index is 1.65. The number of carbonyl (C=O) groups is 1. The Bertz CT molecular complexity index is 399. The molecule has 1 amide bonds. The van der Waals surface area contributed by atoms with E-state index in [0.29, 0.717) is 18.8 Å².